The maximum atomic E-state index is 10.7. The number of ether oxygens (including phenoxy) is 1. The summed E-state index contributed by atoms with van der Waals surface area (Å²) < 4.78 is 5.25. The number of hydrogen-bond acceptors (Lipinski definition) is 4. The lowest BCUT2D eigenvalue weighted by Crippen LogP contribution is -2.41. The zero-order valence-corrected chi connectivity index (χ0v) is 13.3. The van der Waals surface area contributed by atoms with Gasteiger partial charge < -0.3 is 15.2 Å². The fraction of sp³-hybridized carbons (Fsp3) is 0.611. The Balaban J connectivity index is 1.86. The molecule has 22 heavy (non-hydrogen) atoms. The molecular formula is C18H26N2O2. The van der Waals surface area contributed by atoms with Gasteiger partial charge in [0.05, 0.1) is 5.60 Å². The van der Waals surface area contributed by atoms with Crippen molar-refractivity contribution in [3.63, 3.8) is 0 Å². The second-order valence-electron chi connectivity index (χ2n) is 6.26. The Hall–Kier alpha value is -1.57. The molecule has 1 aliphatic carbocycles. The molecule has 1 atom stereocenters. The van der Waals surface area contributed by atoms with Crippen LogP contribution in [-0.2, 0) is 0 Å². The molecule has 1 aliphatic rings. The molecule has 0 radical (unpaired) electrons. The predicted molar refractivity (Wildman–Crippen MR) is 86.6 cm³/mol. The summed E-state index contributed by atoms with van der Waals surface area (Å²) in [7, 11) is 0. The van der Waals surface area contributed by atoms with Crippen LogP contribution >= 0.6 is 0 Å². The first-order chi connectivity index (χ1) is 10.6. The van der Waals surface area contributed by atoms with E-state index in [0.29, 0.717) is 12.3 Å². The number of hydrogen-bond donors (Lipinski definition) is 2. The molecule has 0 bridgehead atoms. The minimum Gasteiger partial charge on any atom is -0.479 e. The van der Waals surface area contributed by atoms with Gasteiger partial charge in [0, 0.05) is 12.6 Å². The quantitative estimate of drug-likeness (QED) is 0.791. The largest absolute Gasteiger partial charge is 0.479 e. The lowest BCUT2D eigenvalue weighted by atomic mass is 9.94. The Morgan fingerprint density at radius 2 is 1.86 bits per heavy atom. The van der Waals surface area contributed by atoms with Gasteiger partial charge in [0.1, 0.15) is 11.8 Å². The van der Waals surface area contributed by atoms with Crippen LogP contribution < -0.4 is 10.1 Å². The number of benzene rings is 1. The highest BCUT2D eigenvalue weighted by Crippen LogP contribution is 2.27. The van der Waals surface area contributed by atoms with Gasteiger partial charge in [-0.1, -0.05) is 37.8 Å². The third-order valence-corrected chi connectivity index (χ3v) is 4.46. The number of nitriles is 1. The summed E-state index contributed by atoms with van der Waals surface area (Å²) in [5.41, 5.74) is 0.599. The van der Waals surface area contributed by atoms with Gasteiger partial charge in [-0.25, -0.2) is 0 Å². The van der Waals surface area contributed by atoms with Crippen molar-refractivity contribution in [3.8, 4) is 11.8 Å². The van der Waals surface area contributed by atoms with Gasteiger partial charge in [0.15, 0.2) is 6.61 Å². The molecule has 1 aromatic rings. The van der Waals surface area contributed by atoms with Crippen LogP contribution in [0.5, 0.6) is 5.75 Å². The number of aliphatic hydroxyl groups is 1. The van der Waals surface area contributed by atoms with E-state index in [-0.39, 0.29) is 12.6 Å². The molecule has 0 saturated heterocycles. The van der Waals surface area contributed by atoms with E-state index in [1.165, 1.54) is 12.8 Å². The van der Waals surface area contributed by atoms with Gasteiger partial charge in [0.2, 0.25) is 0 Å². The van der Waals surface area contributed by atoms with Gasteiger partial charge in [-0.3, -0.25) is 0 Å². The maximum absolute atomic E-state index is 10.7. The molecule has 1 saturated carbocycles. The van der Waals surface area contributed by atoms with Crippen molar-refractivity contribution in [1.82, 2.24) is 5.32 Å². The van der Waals surface area contributed by atoms with Crippen molar-refractivity contribution in [1.29, 1.82) is 5.26 Å². The molecule has 2 N–H and O–H groups in total. The van der Waals surface area contributed by atoms with Crippen LogP contribution in [0.25, 0.3) is 0 Å². The van der Waals surface area contributed by atoms with E-state index in [2.05, 4.69) is 12.2 Å². The lowest BCUT2D eigenvalue weighted by molar-refractivity contribution is 0.0231. The summed E-state index contributed by atoms with van der Waals surface area (Å²) in [6.45, 7) is 2.81. The summed E-state index contributed by atoms with van der Waals surface area (Å²) in [4.78, 5) is 0. The van der Waals surface area contributed by atoms with Crippen LogP contribution in [-0.4, -0.2) is 23.9 Å². The zero-order valence-electron chi connectivity index (χ0n) is 13.3. The molecular weight excluding hydrogens is 276 g/mol. The first-order valence-electron chi connectivity index (χ1n) is 8.18. The fourth-order valence-electron chi connectivity index (χ4n) is 2.99. The Morgan fingerprint density at radius 1 is 1.23 bits per heavy atom. The molecule has 0 amide bonds. The Morgan fingerprint density at radius 3 is 2.45 bits per heavy atom. The van der Waals surface area contributed by atoms with E-state index in [0.717, 1.165) is 31.2 Å². The van der Waals surface area contributed by atoms with Crippen molar-refractivity contribution in [3.05, 3.63) is 29.8 Å². The zero-order chi connectivity index (χ0) is 15.8. The molecule has 4 heteroatoms. The van der Waals surface area contributed by atoms with E-state index in [1.807, 2.05) is 30.3 Å². The minimum atomic E-state index is -0.555. The SMILES string of the molecule is CC(NCC1(O)CCCCCC1)c1ccc(OCC#N)cc1. The topological polar surface area (TPSA) is 65.3 Å². The summed E-state index contributed by atoms with van der Waals surface area (Å²) >= 11 is 0. The first kappa shape index (κ1) is 16.8. The first-order valence-corrected chi connectivity index (χ1v) is 8.18. The molecule has 0 spiro atoms. The van der Waals surface area contributed by atoms with E-state index in [4.69, 9.17) is 10.00 Å². The van der Waals surface area contributed by atoms with Crippen LogP contribution in [0.2, 0.25) is 0 Å². The van der Waals surface area contributed by atoms with E-state index >= 15 is 0 Å². The van der Waals surface area contributed by atoms with Gasteiger partial charge >= 0.3 is 0 Å². The average Bonchev–Trinajstić information content (AvgIpc) is 2.76. The molecule has 4 nitrogen and oxygen atoms in total. The summed E-state index contributed by atoms with van der Waals surface area (Å²) in [6.07, 6.45) is 6.51. The van der Waals surface area contributed by atoms with E-state index in [1.54, 1.807) is 0 Å². The Bertz CT molecular complexity index is 485. The second-order valence-corrected chi connectivity index (χ2v) is 6.26. The van der Waals surface area contributed by atoms with Gasteiger partial charge in [-0.15, -0.1) is 0 Å². The highest BCUT2D eigenvalue weighted by atomic mass is 16.5. The number of rotatable bonds is 6. The van der Waals surface area contributed by atoms with Crippen molar-refractivity contribution in [2.24, 2.45) is 0 Å². The van der Waals surface area contributed by atoms with Crippen molar-refractivity contribution >= 4 is 0 Å². The Kier molecular flexibility index (Phi) is 6.23. The standard InChI is InChI=1S/C18H26N2O2/c1-15(16-6-8-17(9-7-16)22-13-12-19)20-14-18(21)10-4-2-3-5-11-18/h6-9,15,20-21H,2-5,10-11,13-14H2,1H3. The van der Waals surface area contributed by atoms with Crippen LogP contribution in [0.3, 0.4) is 0 Å². The average molecular weight is 302 g/mol. The van der Waals surface area contributed by atoms with Crippen molar-refractivity contribution < 1.29 is 9.84 Å². The van der Waals surface area contributed by atoms with E-state index in [9.17, 15) is 5.11 Å². The fourth-order valence-corrected chi connectivity index (χ4v) is 2.99. The normalized spacial score (nSPS) is 19.0. The molecule has 1 unspecified atom stereocenters. The molecule has 0 aliphatic heterocycles. The maximum Gasteiger partial charge on any atom is 0.174 e. The van der Waals surface area contributed by atoms with Gasteiger partial charge in [0.25, 0.3) is 0 Å². The van der Waals surface area contributed by atoms with Crippen LogP contribution in [0.1, 0.15) is 57.1 Å². The summed E-state index contributed by atoms with van der Waals surface area (Å²) in [6, 6.07) is 9.90. The van der Waals surface area contributed by atoms with Crippen LogP contribution in [0.15, 0.2) is 24.3 Å². The second kappa shape index (κ2) is 8.17. The Labute approximate surface area is 133 Å². The van der Waals surface area contributed by atoms with Gasteiger partial charge in [-0.2, -0.15) is 5.26 Å². The monoisotopic (exact) mass is 302 g/mol. The smallest absolute Gasteiger partial charge is 0.174 e. The third kappa shape index (κ3) is 5.01. The van der Waals surface area contributed by atoms with Crippen LogP contribution in [0.4, 0.5) is 0 Å². The summed E-state index contributed by atoms with van der Waals surface area (Å²) in [5, 5.41) is 22.6. The molecule has 0 aromatic heterocycles. The van der Waals surface area contributed by atoms with Gasteiger partial charge in [-0.05, 0) is 37.5 Å². The molecule has 0 heterocycles. The van der Waals surface area contributed by atoms with Crippen molar-refractivity contribution in [2.45, 2.75) is 57.1 Å². The summed E-state index contributed by atoms with van der Waals surface area (Å²) in [5.74, 6) is 0.708. The van der Waals surface area contributed by atoms with Crippen molar-refractivity contribution in [2.75, 3.05) is 13.2 Å². The molecule has 1 fully saturated rings. The minimum absolute atomic E-state index is 0.0696. The lowest BCUT2D eigenvalue weighted by Gasteiger charge is -2.29. The predicted octanol–water partition coefficient (Wildman–Crippen LogP) is 3.32. The molecule has 120 valence electrons. The third-order valence-electron chi connectivity index (χ3n) is 4.46. The molecule has 2 rings (SSSR count). The number of nitrogens with zero attached hydrogens (tertiary/aromatic N) is 1. The molecule has 1 aromatic carbocycles. The van der Waals surface area contributed by atoms with E-state index < -0.39 is 5.60 Å². The highest BCUT2D eigenvalue weighted by molar-refractivity contribution is 5.29. The highest BCUT2D eigenvalue weighted by Gasteiger charge is 2.28. The number of nitrogens with one attached hydrogen (secondary N) is 1. The van der Waals surface area contributed by atoms with Crippen LogP contribution in [0, 0.1) is 11.3 Å².